The fourth-order valence-electron chi connectivity index (χ4n) is 2.77. The van der Waals surface area contributed by atoms with Gasteiger partial charge in [-0.1, -0.05) is 6.07 Å². The largest absolute Gasteiger partial charge is 0.493 e. The number of thioether (sulfide) groups is 1. The zero-order chi connectivity index (χ0) is 15.2. The number of nitrogens with two attached hydrogens (primary N) is 1. The van der Waals surface area contributed by atoms with Crippen molar-refractivity contribution in [1.29, 1.82) is 0 Å². The first kappa shape index (κ1) is 16.0. The van der Waals surface area contributed by atoms with Crippen LogP contribution in [0.1, 0.15) is 43.0 Å². The van der Waals surface area contributed by atoms with Crippen LogP contribution < -0.4 is 15.8 Å². The van der Waals surface area contributed by atoms with Crippen LogP contribution in [0.5, 0.6) is 5.75 Å². The molecule has 21 heavy (non-hydrogen) atoms. The third-order valence-corrected chi connectivity index (χ3v) is 5.07. The molecule has 0 heterocycles. The fourth-order valence-corrected chi connectivity index (χ4v) is 3.51. The van der Waals surface area contributed by atoms with Gasteiger partial charge in [-0.15, -0.1) is 0 Å². The molecular weight excluding hydrogens is 284 g/mol. The van der Waals surface area contributed by atoms with Gasteiger partial charge in [-0.25, -0.2) is 0 Å². The SMILES string of the molecule is CCOc1cccc(N)c1C(=O)NC1CCC(SC)CC1. The van der Waals surface area contributed by atoms with E-state index in [0.717, 1.165) is 30.9 Å². The van der Waals surface area contributed by atoms with Crippen molar-refractivity contribution in [2.24, 2.45) is 0 Å². The highest BCUT2D eigenvalue weighted by Gasteiger charge is 2.24. The number of anilines is 1. The second kappa shape index (κ2) is 7.59. The lowest BCUT2D eigenvalue weighted by atomic mass is 9.94. The van der Waals surface area contributed by atoms with Crippen molar-refractivity contribution in [2.45, 2.75) is 43.9 Å². The van der Waals surface area contributed by atoms with E-state index in [-0.39, 0.29) is 11.9 Å². The first-order valence-corrected chi connectivity index (χ1v) is 8.79. The quantitative estimate of drug-likeness (QED) is 0.821. The van der Waals surface area contributed by atoms with E-state index in [4.69, 9.17) is 10.5 Å². The van der Waals surface area contributed by atoms with Gasteiger partial charge in [-0.2, -0.15) is 11.8 Å². The molecule has 0 aromatic heterocycles. The van der Waals surface area contributed by atoms with Crippen molar-refractivity contribution in [3.8, 4) is 5.75 Å². The molecule has 3 N–H and O–H groups in total. The molecule has 0 bridgehead atoms. The lowest BCUT2D eigenvalue weighted by Crippen LogP contribution is -2.38. The van der Waals surface area contributed by atoms with Gasteiger partial charge in [-0.05, 0) is 51.0 Å². The molecule has 1 amide bonds. The molecule has 116 valence electrons. The standard InChI is InChI=1S/C16H24N2O2S/c1-3-20-14-6-4-5-13(17)15(14)16(19)18-11-7-9-12(21-2)10-8-11/h4-6,11-12H,3,7-10,17H2,1-2H3,(H,18,19). The van der Waals surface area contributed by atoms with Gasteiger partial charge in [0.2, 0.25) is 0 Å². The smallest absolute Gasteiger partial charge is 0.257 e. The number of carbonyl (C=O) groups is 1. The van der Waals surface area contributed by atoms with E-state index in [0.29, 0.717) is 23.6 Å². The zero-order valence-electron chi connectivity index (χ0n) is 12.7. The van der Waals surface area contributed by atoms with E-state index in [1.807, 2.05) is 18.7 Å². The zero-order valence-corrected chi connectivity index (χ0v) is 13.5. The van der Waals surface area contributed by atoms with E-state index in [1.165, 1.54) is 0 Å². The predicted molar refractivity (Wildman–Crippen MR) is 89.0 cm³/mol. The van der Waals surface area contributed by atoms with E-state index >= 15 is 0 Å². The van der Waals surface area contributed by atoms with Crippen molar-refractivity contribution in [3.63, 3.8) is 0 Å². The van der Waals surface area contributed by atoms with Gasteiger partial charge in [0, 0.05) is 17.0 Å². The van der Waals surface area contributed by atoms with Crippen LogP contribution in [0, 0.1) is 0 Å². The molecule has 4 nitrogen and oxygen atoms in total. The van der Waals surface area contributed by atoms with E-state index in [2.05, 4.69) is 11.6 Å². The number of carbonyl (C=O) groups excluding carboxylic acids is 1. The maximum Gasteiger partial charge on any atom is 0.257 e. The lowest BCUT2D eigenvalue weighted by molar-refractivity contribution is 0.0925. The van der Waals surface area contributed by atoms with Gasteiger partial charge in [-0.3, -0.25) is 4.79 Å². The Balaban J connectivity index is 2.04. The molecule has 2 rings (SSSR count). The summed E-state index contributed by atoms with van der Waals surface area (Å²) in [5.74, 6) is 0.442. The van der Waals surface area contributed by atoms with Crippen LogP contribution in [0.15, 0.2) is 18.2 Å². The number of ether oxygens (including phenoxy) is 1. The Morgan fingerprint density at radius 1 is 1.38 bits per heavy atom. The molecule has 0 aliphatic heterocycles. The Kier molecular flexibility index (Phi) is 5.79. The molecule has 0 unspecified atom stereocenters. The summed E-state index contributed by atoms with van der Waals surface area (Å²) < 4.78 is 5.52. The number of nitrogens with one attached hydrogen (secondary N) is 1. The number of amides is 1. The summed E-state index contributed by atoms with van der Waals surface area (Å²) in [4.78, 5) is 12.5. The minimum atomic E-state index is -0.121. The van der Waals surface area contributed by atoms with E-state index in [9.17, 15) is 4.79 Å². The topological polar surface area (TPSA) is 64.3 Å². The van der Waals surface area contributed by atoms with E-state index < -0.39 is 0 Å². The fraction of sp³-hybridized carbons (Fsp3) is 0.562. The maximum absolute atomic E-state index is 12.5. The van der Waals surface area contributed by atoms with Crippen molar-refractivity contribution in [2.75, 3.05) is 18.6 Å². The molecule has 1 fully saturated rings. The van der Waals surface area contributed by atoms with Gasteiger partial charge in [0.05, 0.1) is 6.61 Å². The summed E-state index contributed by atoms with van der Waals surface area (Å²) in [7, 11) is 0. The summed E-state index contributed by atoms with van der Waals surface area (Å²) in [6.45, 7) is 2.41. The van der Waals surface area contributed by atoms with Gasteiger partial charge in [0.25, 0.3) is 5.91 Å². The molecule has 0 saturated heterocycles. The highest BCUT2D eigenvalue weighted by molar-refractivity contribution is 7.99. The maximum atomic E-state index is 12.5. The number of rotatable bonds is 5. The first-order valence-electron chi connectivity index (χ1n) is 7.50. The minimum absolute atomic E-state index is 0.121. The van der Waals surface area contributed by atoms with Crippen LogP contribution in [0.4, 0.5) is 5.69 Å². The van der Waals surface area contributed by atoms with Gasteiger partial charge < -0.3 is 15.8 Å². The molecule has 0 radical (unpaired) electrons. The summed E-state index contributed by atoms with van der Waals surface area (Å²) in [5, 5.41) is 3.85. The molecule has 1 aromatic carbocycles. The molecule has 1 aromatic rings. The molecule has 1 aliphatic rings. The Bertz CT molecular complexity index is 485. The number of nitrogen functional groups attached to an aromatic ring is 1. The third kappa shape index (κ3) is 4.06. The average Bonchev–Trinajstić information content (AvgIpc) is 2.48. The number of hydrogen-bond donors (Lipinski definition) is 2. The van der Waals surface area contributed by atoms with Gasteiger partial charge in [0.15, 0.2) is 0 Å². The molecule has 1 aliphatic carbocycles. The Labute approximate surface area is 130 Å². The average molecular weight is 308 g/mol. The van der Waals surface area contributed by atoms with Crippen molar-refractivity contribution < 1.29 is 9.53 Å². The second-order valence-corrected chi connectivity index (χ2v) is 6.47. The molecule has 0 spiro atoms. The Morgan fingerprint density at radius 3 is 2.71 bits per heavy atom. The van der Waals surface area contributed by atoms with Crippen LogP contribution in [-0.4, -0.2) is 30.1 Å². The minimum Gasteiger partial charge on any atom is -0.493 e. The van der Waals surface area contributed by atoms with Crippen LogP contribution in [0.2, 0.25) is 0 Å². The Hall–Kier alpha value is -1.36. The monoisotopic (exact) mass is 308 g/mol. The molecular formula is C16H24N2O2S. The third-order valence-electron chi connectivity index (χ3n) is 3.93. The normalized spacial score (nSPS) is 21.8. The van der Waals surface area contributed by atoms with Crippen molar-refractivity contribution in [3.05, 3.63) is 23.8 Å². The van der Waals surface area contributed by atoms with Gasteiger partial charge >= 0.3 is 0 Å². The highest BCUT2D eigenvalue weighted by Crippen LogP contribution is 2.28. The summed E-state index contributed by atoms with van der Waals surface area (Å²) in [6, 6.07) is 5.58. The van der Waals surface area contributed by atoms with Gasteiger partial charge in [0.1, 0.15) is 11.3 Å². The first-order chi connectivity index (χ1) is 10.2. The highest BCUT2D eigenvalue weighted by atomic mass is 32.2. The van der Waals surface area contributed by atoms with Crippen LogP contribution in [0.25, 0.3) is 0 Å². The second-order valence-electron chi connectivity index (χ2n) is 5.34. The van der Waals surface area contributed by atoms with Crippen molar-refractivity contribution in [1.82, 2.24) is 5.32 Å². The molecule has 0 atom stereocenters. The van der Waals surface area contributed by atoms with Crippen molar-refractivity contribution >= 4 is 23.4 Å². The van der Waals surface area contributed by atoms with E-state index in [1.54, 1.807) is 18.2 Å². The summed E-state index contributed by atoms with van der Waals surface area (Å²) >= 11 is 1.92. The Morgan fingerprint density at radius 2 is 2.10 bits per heavy atom. The molecule has 5 heteroatoms. The summed E-state index contributed by atoms with van der Waals surface area (Å²) in [5.41, 5.74) is 6.89. The number of benzene rings is 1. The summed E-state index contributed by atoms with van der Waals surface area (Å²) in [6.07, 6.45) is 6.55. The predicted octanol–water partition coefficient (Wildman–Crippen LogP) is 3.07. The number of hydrogen-bond acceptors (Lipinski definition) is 4. The molecule has 1 saturated carbocycles. The van der Waals surface area contributed by atoms with Crippen LogP contribution >= 0.6 is 11.8 Å². The lowest BCUT2D eigenvalue weighted by Gasteiger charge is -2.28. The van der Waals surface area contributed by atoms with Crippen LogP contribution in [-0.2, 0) is 0 Å². The van der Waals surface area contributed by atoms with Crippen LogP contribution in [0.3, 0.4) is 0 Å².